The van der Waals surface area contributed by atoms with E-state index in [1.54, 1.807) is 6.92 Å². The van der Waals surface area contributed by atoms with Crippen molar-refractivity contribution in [3.8, 4) is 0 Å². The maximum Gasteiger partial charge on any atom is 0.407 e. The van der Waals surface area contributed by atoms with Gasteiger partial charge in [-0.3, -0.25) is 0 Å². The fourth-order valence-corrected chi connectivity index (χ4v) is 2.72. The fourth-order valence-electron chi connectivity index (χ4n) is 2.39. The van der Waals surface area contributed by atoms with E-state index in [1.165, 1.54) is 7.11 Å². The Morgan fingerprint density at radius 1 is 1.60 bits per heavy atom. The highest BCUT2D eigenvalue weighted by Gasteiger charge is 2.24. The highest BCUT2D eigenvalue weighted by atomic mass is 35.5. The minimum absolute atomic E-state index is 0.0812. The number of carbonyl (C=O) groups is 1. The van der Waals surface area contributed by atoms with Gasteiger partial charge in [0.25, 0.3) is 0 Å². The van der Waals surface area contributed by atoms with Gasteiger partial charge in [0, 0.05) is 23.8 Å². The van der Waals surface area contributed by atoms with E-state index in [-0.39, 0.29) is 6.04 Å². The Labute approximate surface area is 123 Å². The Morgan fingerprint density at radius 3 is 2.95 bits per heavy atom. The molecule has 2 N–H and O–H groups in total. The zero-order chi connectivity index (χ0) is 14.7. The number of benzene rings is 1. The van der Waals surface area contributed by atoms with Crippen LogP contribution >= 0.6 is 11.6 Å². The highest BCUT2D eigenvalue weighted by Crippen LogP contribution is 2.29. The number of aliphatic hydroxyl groups is 1. The summed E-state index contributed by atoms with van der Waals surface area (Å²) < 4.78 is 4.60. The number of amides is 1. The van der Waals surface area contributed by atoms with Crippen LogP contribution in [-0.4, -0.2) is 37.4 Å². The molecule has 1 aromatic carbocycles. The molecule has 1 aliphatic heterocycles. The van der Waals surface area contributed by atoms with Crippen LogP contribution in [0.5, 0.6) is 0 Å². The molecular formula is C14H19ClN2O3. The van der Waals surface area contributed by atoms with E-state index >= 15 is 0 Å². The summed E-state index contributed by atoms with van der Waals surface area (Å²) in [6.07, 6.45) is -0.117. The molecule has 1 aromatic rings. The number of halogens is 1. The second kappa shape index (κ2) is 6.33. The van der Waals surface area contributed by atoms with Crippen molar-refractivity contribution < 1.29 is 14.6 Å². The molecule has 20 heavy (non-hydrogen) atoms. The van der Waals surface area contributed by atoms with E-state index in [2.05, 4.69) is 15.0 Å². The first kappa shape index (κ1) is 14.9. The molecule has 0 aliphatic carbocycles. The molecule has 6 heteroatoms. The van der Waals surface area contributed by atoms with Gasteiger partial charge in [0.2, 0.25) is 0 Å². The third kappa shape index (κ3) is 3.35. The first-order chi connectivity index (χ1) is 9.51. The van der Waals surface area contributed by atoms with Crippen LogP contribution in [-0.2, 0) is 4.74 Å². The van der Waals surface area contributed by atoms with Crippen LogP contribution in [0.3, 0.4) is 0 Å². The maximum atomic E-state index is 11.2. The maximum absolute atomic E-state index is 11.2. The number of carbonyl (C=O) groups excluding carboxylic acids is 1. The number of rotatable bonds is 3. The summed E-state index contributed by atoms with van der Waals surface area (Å²) >= 11 is 6.17. The average Bonchev–Trinajstić information content (AvgIpc) is 2.86. The highest BCUT2D eigenvalue weighted by molar-refractivity contribution is 6.31. The van der Waals surface area contributed by atoms with Crippen LogP contribution in [0, 0.1) is 0 Å². The molecule has 0 bridgehead atoms. The number of anilines is 1. The molecule has 5 nitrogen and oxygen atoms in total. The molecule has 0 aromatic heterocycles. The molecule has 1 saturated heterocycles. The lowest BCUT2D eigenvalue weighted by Gasteiger charge is -2.20. The normalized spacial score (nSPS) is 19.8. The van der Waals surface area contributed by atoms with Crippen LogP contribution in [0.2, 0.25) is 5.02 Å². The number of hydrogen-bond acceptors (Lipinski definition) is 4. The van der Waals surface area contributed by atoms with Gasteiger partial charge < -0.3 is 20.1 Å². The monoisotopic (exact) mass is 298 g/mol. The second-order valence-electron chi connectivity index (χ2n) is 4.95. The van der Waals surface area contributed by atoms with Gasteiger partial charge in [-0.05, 0) is 31.0 Å². The molecule has 110 valence electrons. The first-order valence-corrected chi connectivity index (χ1v) is 6.96. The second-order valence-corrected chi connectivity index (χ2v) is 5.36. The lowest BCUT2D eigenvalue weighted by molar-refractivity contribution is 0.167. The topological polar surface area (TPSA) is 61.8 Å². The summed E-state index contributed by atoms with van der Waals surface area (Å²) in [5.41, 5.74) is 1.72. The predicted molar refractivity (Wildman–Crippen MR) is 78.2 cm³/mol. The Hall–Kier alpha value is -1.46. The summed E-state index contributed by atoms with van der Waals surface area (Å²) in [6.45, 7) is 3.26. The van der Waals surface area contributed by atoms with E-state index in [1.807, 2.05) is 18.2 Å². The number of nitrogens with one attached hydrogen (secondary N) is 1. The fraction of sp³-hybridized carbons (Fsp3) is 0.500. The van der Waals surface area contributed by atoms with E-state index in [9.17, 15) is 9.90 Å². The van der Waals surface area contributed by atoms with Crippen molar-refractivity contribution >= 4 is 23.4 Å². The van der Waals surface area contributed by atoms with Gasteiger partial charge in [-0.15, -0.1) is 0 Å². The number of nitrogens with zero attached hydrogens (tertiary/aromatic N) is 1. The van der Waals surface area contributed by atoms with Gasteiger partial charge in [-0.1, -0.05) is 17.7 Å². The van der Waals surface area contributed by atoms with Crippen molar-refractivity contribution in [1.29, 1.82) is 0 Å². The summed E-state index contributed by atoms with van der Waals surface area (Å²) in [7, 11) is 1.36. The number of hydrogen-bond donors (Lipinski definition) is 2. The lowest BCUT2D eigenvalue weighted by Crippen LogP contribution is -2.36. The molecule has 2 atom stereocenters. The van der Waals surface area contributed by atoms with Crippen LogP contribution in [0.15, 0.2) is 18.2 Å². The van der Waals surface area contributed by atoms with Gasteiger partial charge in [0.1, 0.15) is 0 Å². The SMILES string of the molecule is COC(=O)NC1CCN(c2ccc(C(C)O)c(Cl)c2)C1. The molecular weight excluding hydrogens is 280 g/mol. The molecule has 0 saturated carbocycles. The number of ether oxygens (including phenoxy) is 1. The van der Waals surface area contributed by atoms with Crippen molar-refractivity contribution in [3.05, 3.63) is 28.8 Å². The summed E-state index contributed by atoms with van der Waals surface area (Å²) in [4.78, 5) is 13.3. The summed E-state index contributed by atoms with van der Waals surface area (Å²) in [5, 5.41) is 12.9. The first-order valence-electron chi connectivity index (χ1n) is 6.58. The Balaban J connectivity index is 2.03. The van der Waals surface area contributed by atoms with Crippen LogP contribution in [0.1, 0.15) is 25.0 Å². The van der Waals surface area contributed by atoms with Crippen molar-refractivity contribution in [2.75, 3.05) is 25.1 Å². The van der Waals surface area contributed by atoms with E-state index in [0.717, 1.165) is 30.8 Å². The minimum atomic E-state index is -0.580. The third-order valence-corrected chi connectivity index (χ3v) is 3.82. The summed E-state index contributed by atoms with van der Waals surface area (Å²) in [5.74, 6) is 0. The van der Waals surface area contributed by atoms with Crippen LogP contribution in [0.4, 0.5) is 10.5 Å². The molecule has 0 radical (unpaired) electrons. The van der Waals surface area contributed by atoms with Crippen molar-refractivity contribution in [1.82, 2.24) is 5.32 Å². The quantitative estimate of drug-likeness (QED) is 0.899. The zero-order valence-electron chi connectivity index (χ0n) is 11.6. The van der Waals surface area contributed by atoms with Gasteiger partial charge >= 0.3 is 6.09 Å². The third-order valence-electron chi connectivity index (χ3n) is 3.49. The molecule has 2 rings (SSSR count). The van der Waals surface area contributed by atoms with Gasteiger partial charge in [0.05, 0.1) is 19.3 Å². The molecule has 0 spiro atoms. The number of alkyl carbamates (subject to hydrolysis) is 1. The van der Waals surface area contributed by atoms with E-state index in [4.69, 9.17) is 11.6 Å². The molecule has 1 fully saturated rings. The lowest BCUT2D eigenvalue weighted by atomic mass is 10.1. The van der Waals surface area contributed by atoms with Crippen LogP contribution < -0.4 is 10.2 Å². The van der Waals surface area contributed by atoms with Gasteiger partial charge in [-0.25, -0.2) is 4.79 Å². The standard InChI is InChI=1S/C14H19ClN2O3/c1-9(18)12-4-3-11(7-13(12)15)17-6-5-10(8-17)16-14(19)20-2/h3-4,7,9-10,18H,5-6,8H2,1-2H3,(H,16,19). The minimum Gasteiger partial charge on any atom is -0.453 e. The average molecular weight is 299 g/mol. The predicted octanol–water partition coefficient (Wildman–Crippen LogP) is 2.33. The Morgan fingerprint density at radius 2 is 2.35 bits per heavy atom. The molecule has 2 unspecified atom stereocenters. The zero-order valence-corrected chi connectivity index (χ0v) is 12.4. The van der Waals surface area contributed by atoms with Crippen molar-refractivity contribution in [3.63, 3.8) is 0 Å². The molecule has 1 amide bonds. The number of methoxy groups -OCH3 is 1. The van der Waals surface area contributed by atoms with Gasteiger partial charge in [-0.2, -0.15) is 0 Å². The van der Waals surface area contributed by atoms with E-state index in [0.29, 0.717) is 5.02 Å². The Bertz CT molecular complexity index is 493. The van der Waals surface area contributed by atoms with E-state index < -0.39 is 12.2 Å². The van der Waals surface area contributed by atoms with Crippen molar-refractivity contribution in [2.45, 2.75) is 25.5 Å². The van der Waals surface area contributed by atoms with Crippen molar-refractivity contribution in [2.24, 2.45) is 0 Å². The van der Waals surface area contributed by atoms with Crippen LogP contribution in [0.25, 0.3) is 0 Å². The largest absolute Gasteiger partial charge is 0.453 e. The molecule has 1 heterocycles. The smallest absolute Gasteiger partial charge is 0.407 e. The Kier molecular flexibility index (Phi) is 4.73. The molecule has 1 aliphatic rings. The number of aliphatic hydroxyl groups excluding tert-OH is 1. The summed E-state index contributed by atoms with van der Waals surface area (Å²) in [6, 6.07) is 5.71. The van der Waals surface area contributed by atoms with Gasteiger partial charge in [0.15, 0.2) is 0 Å².